The van der Waals surface area contributed by atoms with Crippen molar-refractivity contribution < 1.29 is 8.85 Å². The molecule has 2 rings (SSSR count). The molecule has 0 bridgehead atoms. The van der Waals surface area contributed by atoms with Gasteiger partial charge < -0.3 is 8.85 Å². The van der Waals surface area contributed by atoms with Crippen LogP contribution < -0.4 is 0 Å². The monoisotopic (exact) mass is 466 g/mol. The molecule has 31 heavy (non-hydrogen) atoms. The molecule has 1 saturated carbocycles. The van der Waals surface area contributed by atoms with Crippen molar-refractivity contribution in [2.45, 2.75) is 143 Å². The Balaban J connectivity index is 2.00. The summed E-state index contributed by atoms with van der Waals surface area (Å²) in [6.45, 7) is 28.5. The zero-order valence-corrected chi connectivity index (χ0v) is 25.1. The summed E-state index contributed by atoms with van der Waals surface area (Å²) in [5.41, 5.74) is 2.09. The molecule has 2 aliphatic rings. The first kappa shape index (κ1) is 27.3. The van der Waals surface area contributed by atoms with E-state index in [2.05, 4.69) is 87.3 Å². The van der Waals surface area contributed by atoms with E-state index in [9.17, 15) is 0 Å². The highest BCUT2D eigenvalue weighted by Crippen LogP contribution is 2.56. The van der Waals surface area contributed by atoms with Gasteiger partial charge in [0.2, 0.25) is 0 Å². The topological polar surface area (TPSA) is 18.5 Å². The summed E-state index contributed by atoms with van der Waals surface area (Å²) < 4.78 is 13.5. The first-order valence-corrected chi connectivity index (χ1v) is 19.3. The molecule has 2 aliphatic carbocycles. The first-order chi connectivity index (χ1) is 13.9. The Morgan fingerprint density at radius 2 is 1.71 bits per heavy atom. The number of rotatable bonds is 9. The molecular formula is C27H54O2Si2. The van der Waals surface area contributed by atoms with Crippen LogP contribution in [0.5, 0.6) is 0 Å². The van der Waals surface area contributed by atoms with E-state index in [0.29, 0.717) is 23.4 Å². The molecule has 4 atom stereocenters. The molecule has 0 heterocycles. The minimum Gasteiger partial charge on any atom is -0.414 e. The molecular weight excluding hydrogens is 412 g/mol. The average molecular weight is 467 g/mol. The fourth-order valence-electron chi connectivity index (χ4n) is 6.05. The highest BCUT2D eigenvalue weighted by Gasteiger charge is 2.51. The van der Waals surface area contributed by atoms with E-state index in [1.807, 2.05) is 0 Å². The van der Waals surface area contributed by atoms with Crippen LogP contribution in [0.3, 0.4) is 0 Å². The van der Waals surface area contributed by atoms with Crippen LogP contribution in [0.4, 0.5) is 0 Å². The Kier molecular flexibility index (Phi) is 8.28. The zero-order chi connectivity index (χ0) is 23.9. The van der Waals surface area contributed by atoms with Crippen LogP contribution in [0.1, 0.15) is 93.4 Å². The van der Waals surface area contributed by atoms with Gasteiger partial charge in [0, 0.05) is 6.10 Å². The van der Waals surface area contributed by atoms with Gasteiger partial charge in [-0.05, 0) is 101 Å². The van der Waals surface area contributed by atoms with Gasteiger partial charge >= 0.3 is 0 Å². The van der Waals surface area contributed by atoms with Gasteiger partial charge in [-0.2, -0.15) is 0 Å². The largest absolute Gasteiger partial charge is 0.414 e. The molecule has 2 nitrogen and oxygen atoms in total. The van der Waals surface area contributed by atoms with Gasteiger partial charge in [-0.3, -0.25) is 0 Å². The normalized spacial score (nSPS) is 29.0. The van der Waals surface area contributed by atoms with Crippen LogP contribution in [0.25, 0.3) is 0 Å². The van der Waals surface area contributed by atoms with Crippen LogP contribution in [0.15, 0.2) is 11.6 Å². The molecule has 0 radical (unpaired) electrons. The van der Waals surface area contributed by atoms with Crippen molar-refractivity contribution in [3.05, 3.63) is 11.6 Å². The van der Waals surface area contributed by atoms with Gasteiger partial charge in [0.1, 0.15) is 0 Å². The number of fused-ring (bicyclic) bond motifs is 1. The van der Waals surface area contributed by atoms with E-state index in [0.717, 1.165) is 6.42 Å². The Bertz CT molecular complexity index is 639. The van der Waals surface area contributed by atoms with Gasteiger partial charge in [0.25, 0.3) is 0 Å². The quantitative estimate of drug-likeness (QED) is 0.249. The maximum Gasteiger partial charge on any atom is 0.192 e. The fraction of sp³-hybridized carbons (Fsp3) is 0.926. The SMILES string of the molecule is C[C@H](CCCC(C)(C)O[Si](C)(C)C)C1=CC[C@H]2[C@@H](O[Si](C)(C)C(C)(C)C)CCC[C@]12C. The van der Waals surface area contributed by atoms with E-state index in [1.165, 1.54) is 38.5 Å². The second kappa shape index (κ2) is 9.39. The number of hydrogen-bond acceptors (Lipinski definition) is 2. The molecule has 1 fully saturated rings. The smallest absolute Gasteiger partial charge is 0.192 e. The van der Waals surface area contributed by atoms with E-state index >= 15 is 0 Å². The Morgan fingerprint density at radius 3 is 2.26 bits per heavy atom. The van der Waals surface area contributed by atoms with Crippen LogP contribution >= 0.6 is 0 Å². The van der Waals surface area contributed by atoms with Crippen LogP contribution in [-0.2, 0) is 8.85 Å². The average Bonchev–Trinajstić information content (AvgIpc) is 2.89. The minimum absolute atomic E-state index is 0.00757. The molecule has 0 N–H and O–H groups in total. The van der Waals surface area contributed by atoms with Gasteiger partial charge in [0.15, 0.2) is 16.6 Å². The molecule has 0 spiro atoms. The lowest BCUT2D eigenvalue weighted by molar-refractivity contribution is 0.0157. The third-order valence-electron chi connectivity index (χ3n) is 8.48. The molecule has 0 amide bonds. The Hall–Kier alpha value is 0.0938. The molecule has 182 valence electrons. The second-order valence-corrected chi connectivity index (χ2v) is 23.2. The van der Waals surface area contributed by atoms with Crippen molar-refractivity contribution in [3.8, 4) is 0 Å². The maximum absolute atomic E-state index is 7.02. The predicted octanol–water partition coefficient (Wildman–Crippen LogP) is 8.95. The minimum atomic E-state index is -1.73. The summed E-state index contributed by atoms with van der Waals surface area (Å²) in [6, 6.07) is 0. The number of allylic oxidation sites excluding steroid dienone is 2. The van der Waals surface area contributed by atoms with Gasteiger partial charge in [-0.1, -0.05) is 59.1 Å². The molecule has 0 aromatic carbocycles. The first-order valence-electron chi connectivity index (χ1n) is 13.0. The Morgan fingerprint density at radius 1 is 1.10 bits per heavy atom. The summed E-state index contributed by atoms with van der Waals surface area (Å²) in [7, 11) is -3.22. The van der Waals surface area contributed by atoms with E-state index in [-0.39, 0.29) is 10.6 Å². The second-order valence-electron chi connectivity index (χ2n) is 14.0. The lowest BCUT2D eigenvalue weighted by Crippen LogP contribution is -2.49. The van der Waals surface area contributed by atoms with Gasteiger partial charge in [-0.25, -0.2) is 0 Å². The van der Waals surface area contributed by atoms with Crippen molar-refractivity contribution >= 4 is 16.6 Å². The third-order valence-corrected chi connectivity index (χ3v) is 14.2. The Labute approximate surface area is 197 Å². The summed E-state index contributed by atoms with van der Waals surface area (Å²) in [6.07, 6.45) is 11.9. The van der Waals surface area contributed by atoms with Crippen LogP contribution in [-0.4, -0.2) is 28.3 Å². The molecule has 0 saturated heterocycles. The summed E-state index contributed by atoms with van der Waals surface area (Å²) in [4.78, 5) is 0. The summed E-state index contributed by atoms with van der Waals surface area (Å²) >= 11 is 0. The van der Waals surface area contributed by atoms with Crippen LogP contribution in [0, 0.1) is 17.3 Å². The third kappa shape index (κ3) is 6.80. The number of hydrogen-bond donors (Lipinski definition) is 0. The van der Waals surface area contributed by atoms with Crippen molar-refractivity contribution in [1.29, 1.82) is 0 Å². The van der Waals surface area contributed by atoms with E-state index in [1.54, 1.807) is 5.57 Å². The predicted molar refractivity (Wildman–Crippen MR) is 142 cm³/mol. The van der Waals surface area contributed by atoms with Gasteiger partial charge in [-0.15, -0.1) is 0 Å². The molecule has 0 aromatic heterocycles. The molecule has 0 aromatic rings. The van der Waals surface area contributed by atoms with E-state index < -0.39 is 16.6 Å². The summed E-state index contributed by atoms with van der Waals surface area (Å²) in [5, 5.41) is 0.286. The summed E-state index contributed by atoms with van der Waals surface area (Å²) in [5.74, 6) is 1.35. The molecule has 0 unspecified atom stereocenters. The maximum atomic E-state index is 7.02. The van der Waals surface area contributed by atoms with Crippen molar-refractivity contribution in [1.82, 2.24) is 0 Å². The zero-order valence-electron chi connectivity index (χ0n) is 23.1. The van der Waals surface area contributed by atoms with Gasteiger partial charge in [0.05, 0.1) is 5.60 Å². The standard InChI is InChI=1S/C27H54O2Si2/c1-21(15-13-19-26(5,6)29-30(8,9)10)22-17-18-23-24(16-14-20-27(22,23)7)28-31(11,12)25(2,3)4/h17,21,23-24H,13-16,18-20H2,1-12H3/t21-,23+,24+,27-/m1/s1. The lowest BCUT2D eigenvalue weighted by Gasteiger charge is -2.49. The van der Waals surface area contributed by atoms with Crippen LogP contribution in [0.2, 0.25) is 37.8 Å². The van der Waals surface area contributed by atoms with Crippen molar-refractivity contribution in [3.63, 3.8) is 0 Å². The highest BCUT2D eigenvalue weighted by molar-refractivity contribution is 6.74. The van der Waals surface area contributed by atoms with Crippen molar-refractivity contribution in [2.75, 3.05) is 0 Å². The van der Waals surface area contributed by atoms with E-state index in [4.69, 9.17) is 8.85 Å². The lowest BCUT2D eigenvalue weighted by atomic mass is 9.63. The van der Waals surface area contributed by atoms with Crippen molar-refractivity contribution in [2.24, 2.45) is 17.3 Å². The molecule has 4 heteroatoms. The fourth-order valence-corrected chi connectivity index (χ4v) is 9.21. The molecule has 0 aliphatic heterocycles. The highest BCUT2D eigenvalue weighted by atomic mass is 28.4.